The monoisotopic (exact) mass is 519 g/mol. The van der Waals surface area contributed by atoms with E-state index in [0.717, 1.165) is 16.7 Å². The molecule has 3 aromatic carbocycles. The van der Waals surface area contributed by atoms with Crippen LogP contribution in [-0.4, -0.2) is 32.1 Å². The van der Waals surface area contributed by atoms with Crippen LogP contribution in [0.3, 0.4) is 0 Å². The van der Waals surface area contributed by atoms with E-state index in [4.69, 9.17) is 30.2 Å². The van der Waals surface area contributed by atoms with Gasteiger partial charge in [-0.05, 0) is 60.4 Å². The van der Waals surface area contributed by atoms with Gasteiger partial charge in [0.25, 0.3) is 5.91 Å². The molecule has 1 aliphatic heterocycles. The van der Waals surface area contributed by atoms with E-state index in [2.05, 4.69) is 0 Å². The van der Waals surface area contributed by atoms with Gasteiger partial charge in [0.2, 0.25) is 11.5 Å². The van der Waals surface area contributed by atoms with E-state index in [0.29, 0.717) is 38.8 Å². The average molecular weight is 520 g/mol. The number of hydrogen-bond acceptors (Lipinski definition) is 6. The van der Waals surface area contributed by atoms with Gasteiger partial charge in [0.05, 0.1) is 38.3 Å². The predicted molar refractivity (Wildman–Crippen MR) is 141 cm³/mol. The summed E-state index contributed by atoms with van der Waals surface area (Å²) < 4.78 is 22.8. The quantitative estimate of drug-likeness (QED) is 0.319. The molecule has 0 radical (unpaired) electrons. The minimum atomic E-state index is -0.770. The number of nitrogens with zero attached hydrogens (tertiary/aromatic N) is 1. The van der Waals surface area contributed by atoms with E-state index in [1.165, 1.54) is 21.3 Å². The summed E-state index contributed by atoms with van der Waals surface area (Å²) in [5.74, 6) is 0.854. The Morgan fingerprint density at radius 3 is 2.24 bits per heavy atom. The number of fused-ring (bicyclic) bond motifs is 2. The molecular weight excluding hydrogens is 494 g/mol. The molecular formula is C29H26ClNO6. The van der Waals surface area contributed by atoms with E-state index < -0.39 is 11.9 Å². The van der Waals surface area contributed by atoms with Crippen LogP contribution < -0.4 is 19.6 Å². The third-order valence-corrected chi connectivity index (χ3v) is 7.08. The molecule has 0 fully saturated rings. The molecule has 1 amide bonds. The first kappa shape index (κ1) is 24.7. The Morgan fingerprint density at radius 2 is 1.62 bits per heavy atom. The molecule has 1 unspecified atom stereocenters. The van der Waals surface area contributed by atoms with Crippen molar-refractivity contribution in [2.75, 3.05) is 21.3 Å². The highest BCUT2D eigenvalue weighted by Crippen LogP contribution is 2.45. The van der Waals surface area contributed by atoms with Crippen molar-refractivity contribution >= 4 is 28.5 Å². The molecule has 0 spiro atoms. The maximum absolute atomic E-state index is 14.0. The van der Waals surface area contributed by atoms with Crippen molar-refractivity contribution in [2.24, 2.45) is 0 Å². The zero-order chi connectivity index (χ0) is 26.4. The number of hydrogen-bond donors (Lipinski definition) is 0. The van der Waals surface area contributed by atoms with Gasteiger partial charge >= 0.3 is 0 Å². The highest BCUT2D eigenvalue weighted by molar-refractivity contribution is 6.31. The van der Waals surface area contributed by atoms with Crippen LogP contribution in [0.1, 0.15) is 44.4 Å². The van der Waals surface area contributed by atoms with Crippen molar-refractivity contribution in [1.29, 1.82) is 0 Å². The number of methoxy groups -OCH3 is 3. The Bertz CT molecular complexity index is 1580. The van der Waals surface area contributed by atoms with Crippen LogP contribution in [0.5, 0.6) is 17.2 Å². The third kappa shape index (κ3) is 4.00. The number of amides is 1. The van der Waals surface area contributed by atoms with Crippen LogP contribution in [0.4, 0.5) is 0 Å². The summed E-state index contributed by atoms with van der Waals surface area (Å²) in [6.07, 6.45) is 0. The Morgan fingerprint density at radius 1 is 0.946 bits per heavy atom. The van der Waals surface area contributed by atoms with E-state index in [9.17, 15) is 9.59 Å². The first-order valence-electron chi connectivity index (χ1n) is 11.7. The minimum absolute atomic E-state index is 0.0216. The van der Waals surface area contributed by atoms with Gasteiger partial charge in [-0.3, -0.25) is 9.59 Å². The van der Waals surface area contributed by atoms with Crippen LogP contribution in [0, 0.1) is 13.8 Å². The maximum atomic E-state index is 14.0. The molecule has 0 saturated heterocycles. The number of halogens is 1. The summed E-state index contributed by atoms with van der Waals surface area (Å²) in [4.78, 5) is 29.5. The number of carbonyl (C=O) groups excluding carboxylic acids is 1. The molecule has 5 rings (SSSR count). The van der Waals surface area contributed by atoms with Gasteiger partial charge in [-0.1, -0.05) is 35.9 Å². The number of ether oxygens (including phenoxy) is 3. The standard InChI is InChI=1S/C29H26ClNO6/c1-15-10-16(2)23-20(11-15)37-28-24(26(23)32)25(18-12-21(34-3)27(36-5)22(13-18)35-4)31(29(28)33)14-17-8-6-7-9-19(17)30/h6-13,25H,14H2,1-5H3. The number of carbonyl (C=O) groups is 1. The molecule has 0 bridgehead atoms. The fourth-order valence-corrected chi connectivity index (χ4v) is 5.29. The Labute approximate surface area is 219 Å². The van der Waals surface area contributed by atoms with E-state index in [1.807, 2.05) is 38.1 Å². The molecule has 2 heterocycles. The van der Waals surface area contributed by atoms with Gasteiger partial charge in [0, 0.05) is 11.6 Å². The summed E-state index contributed by atoms with van der Waals surface area (Å²) in [6.45, 7) is 3.95. The van der Waals surface area contributed by atoms with Crippen molar-refractivity contribution in [2.45, 2.75) is 26.4 Å². The fraction of sp³-hybridized carbons (Fsp3) is 0.241. The van der Waals surface area contributed by atoms with Crippen LogP contribution in [0.2, 0.25) is 5.02 Å². The Balaban J connectivity index is 1.80. The molecule has 0 N–H and O–H groups in total. The lowest BCUT2D eigenvalue weighted by Gasteiger charge is -2.26. The highest BCUT2D eigenvalue weighted by atomic mass is 35.5. The Hall–Kier alpha value is -3.97. The van der Waals surface area contributed by atoms with Gasteiger partial charge in [-0.25, -0.2) is 0 Å². The number of benzene rings is 3. The van der Waals surface area contributed by atoms with Gasteiger partial charge in [-0.15, -0.1) is 0 Å². The molecule has 1 aromatic heterocycles. The zero-order valence-electron chi connectivity index (χ0n) is 21.2. The van der Waals surface area contributed by atoms with Crippen LogP contribution in [0.25, 0.3) is 11.0 Å². The van der Waals surface area contributed by atoms with Crippen molar-refractivity contribution in [3.63, 3.8) is 0 Å². The first-order chi connectivity index (χ1) is 17.8. The average Bonchev–Trinajstić information content (AvgIpc) is 3.15. The summed E-state index contributed by atoms with van der Waals surface area (Å²) in [5.41, 5.74) is 3.49. The molecule has 4 aromatic rings. The normalized spacial score (nSPS) is 14.7. The van der Waals surface area contributed by atoms with Crippen LogP contribution in [-0.2, 0) is 6.54 Å². The van der Waals surface area contributed by atoms with Crippen molar-refractivity contribution in [3.05, 3.63) is 97.4 Å². The second-order valence-electron chi connectivity index (χ2n) is 9.01. The summed E-state index contributed by atoms with van der Waals surface area (Å²) in [7, 11) is 4.55. The molecule has 0 aliphatic carbocycles. The van der Waals surface area contributed by atoms with Crippen molar-refractivity contribution in [1.82, 2.24) is 4.90 Å². The second kappa shape index (κ2) is 9.48. The summed E-state index contributed by atoms with van der Waals surface area (Å²) in [6, 6.07) is 13.7. The molecule has 7 nitrogen and oxygen atoms in total. The molecule has 190 valence electrons. The minimum Gasteiger partial charge on any atom is -0.493 e. The predicted octanol–water partition coefficient (Wildman–Crippen LogP) is 5.83. The van der Waals surface area contributed by atoms with Crippen LogP contribution >= 0.6 is 11.6 Å². The zero-order valence-corrected chi connectivity index (χ0v) is 21.9. The van der Waals surface area contributed by atoms with Gasteiger partial charge in [0.15, 0.2) is 16.9 Å². The summed E-state index contributed by atoms with van der Waals surface area (Å²) >= 11 is 6.47. The number of rotatable bonds is 6. The summed E-state index contributed by atoms with van der Waals surface area (Å²) in [5, 5.41) is 0.972. The number of aryl methyl sites for hydroxylation is 2. The lowest BCUT2D eigenvalue weighted by molar-refractivity contribution is 0.0714. The van der Waals surface area contributed by atoms with E-state index >= 15 is 0 Å². The molecule has 0 saturated carbocycles. The Kier molecular flexibility index (Phi) is 6.33. The molecule has 1 atom stereocenters. The fourth-order valence-electron chi connectivity index (χ4n) is 5.09. The largest absolute Gasteiger partial charge is 0.493 e. The SMILES string of the molecule is COc1cc(C2c3c(oc4cc(C)cc(C)c4c3=O)C(=O)N2Cc2ccccc2Cl)cc(OC)c1OC. The highest BCUT2D eigenvalue weighted by Gasteiger charge is 2.43. The second-order valence-corrected chi connectivity index (χ2v) is 9.42. The van der Waals surface area contributed by atoms with Crippen LogP contribution in [0.15, 0.2) is 57.7 Å². The first-order valence-corrected chi connectivity index (χ1v) is 12.1. The third-order valence-electron chi connectivity index (χ3n) is 6.71. The van der Waals surface area contributed by atoms with Crippen molar-refractivity contribution in [3.8, 4) is 17.2 Å². The molecule has 37 heavy (non-hydrogen) atoms. The van der Waals surface area contributed by atoms with E-state index in [1.54, 1.807) is 29.2 Å². The van der Waals surface area contributed by atoms with Crippen molar-refractivity contribution < 1.29 is 23.4 Å². The van der Waals surface area contributed by atoms with Gasteiger partial charge in [0.1, 0.15) is 5.58 Å². The van der Waals surface area contributed by atoms with E-state index in [-0.39, 0.29) is 23.3 Å². The maximum Gasteiger partial charge on any atom is 0.291 e. The molecule has 1 aliphatic rings. The van der Waals surface area contributed by atoms with Gasteiger partial charge < -0.3 is 23.5 Å². The lowest BCUT2D eigenvalue weighted by atomic mass is 9.96. The topological polar surface area (TPSA) is 78.2 Å². The van der Waals surface area contributed by atoms with Gasteiger partial charge in [-0.2, -0.15) is 0 Å². The smallest absolute Gasteiger partial charge is 0.291 e. The molecule has 8 heteroatoms. The lowest BCUT2D eigenvalue weighted by Crippen LogP contribution is -2.29.